The summed E-state index contributed by atoms with van der Waals surface area (Å²) >= 11 is 1.94. The van der Waals surface area contributed by atoms with Crippen LogP contribution in [0.2, 0.25) is 0 Å². The Morgan fingerprint density at radius 2 is 2.15 bits per heavy atom. The van der Waals surface area contributed by atoms with Crippen LogP contribution in [0.5, 0.6) is 0 Å². The van der Waals surface area contributed by atoms with E-state index < -0.39 is 5.97 Å². The van der Waals surface area contributed by atoms with Gasteiger partial charge in [-0.3, -0.25) is 4.79 Å². The lowest BCUT2D eigenvalue weighted by molar-refractivity contribution is -0.137. The summed E-state index contributed by atoms with van der Waals surface area (Å²) in [5.41, 5.74) is 0. The van der Waals surface area contributed by atoms with Crippen molar-refractivity contribution in [1.29, 1.82) is 0 Å². The van der Waals surface area contributed by atoms with Gasteiger partial charge in [-0.2, -0.15) is 11.8 Å². The van der Waals surface area contributed by atoms with Gasteiger partial charge < -0.3 is 15.3 Å². The van der Waals surface area contributed by atoms with Crippen molar-refractivity contribution in [3.8, 4) is 0 Å². The Labute approximate surface area is 125 Å². The van der Waals surface area contributed by atoms with Gasteiger partial charge >= 0.3 is 12.0 Å². The van der Waals surface area contributed by atoms with Gasteiger partial charge in [-0.05, 0) is 38.9 Å². The zero-order valence-corrected chi connectivity index (χ0v) is 13.2. The van der Waals surface area contributed by atoms with E-state index in [1.165, 1.54) is 25.0 Å². The van der Waals surface area contributed by atoms with Crippen LogP contribution in [0.1, 0.15) is 46.0 Å². The summed E-state index contributed by atoms with van der Waals surface area (Å²) < 4.78 is 0. The molecule has 0 aromatic rings. The molecule has 0 spiro atoms. The van der Waals surface area contributed by atoms with E-state index in [9.17, 15) is 9.59 Å². The van der Waals surface area contributed by atoms with Gasteiger partial charge in [-0.15, -0.1) is 0 Å². The summed E-state index contributed by atoms with van der Waals surface area (Å²) in [7, 11) is 0. The van der Waals surface area contributed by atoms with Crippen molar-refractivity contribution < 1.29 is 14.7 Å². The molecule has 0 aliphatic carbocycles. The first kappa shape index (κ1) is 17.1. The average molecular weight is 302 g/mol. The van der Waals surface area contributed by atoms with Gasteiger partial charge in [0.1, 0.15) is 0 Å². The number of carbonyl (C=O) groups is 2. The number of aliphatic carboxylic acids is 1. The van der Waals surface area contributed by atoms with Crippen LogP contribution in [-0.2, 0) is 4.79 Å². The highest BCUT2D eigenvalue weighted by molar-refractivity contribution is 7.99. The summed E-state index contributed by atoms with van der Waals surface area (Å²) in [5, 5.41) is 12.2. The highest BCUT2D eigenvalue weighted by Crippen LogP contribution is 2.24. The molecule has 1 aliphatic rings. The van der Waals surface area contributed by atoms with Crippen LogP contribution in [0, 0.1) is 0 Å². The Kier molecular flexibility index (Phi) is 7.80. The van der Waals surface area contributed by atoms with Gasteiger partial charge in [-0.1, -0.05) is 6.42 Å². The van der Waals surface area contributed by atoms with Gasteiger partial charge in [0.05, 0.1) is 0 Å². The fourth-order valence-corrected chi connectivity index (χ4v) is 3.50. The van der Waals surface area contributed by atoms with Gasteiger partial charge in [-0.25, -0.2) is 4.79 Å². The first-order valence-electron chi connectivity index (χ1n) is 7.38. The topological polar surface area (TPSA) is 69.6 Å². The van der Waals surface area contributed by atoms with Gasteiger partial charge in [0.25, 0.3) is 0 Å². The quantitative estimate of drug-likeness (QED) is 0.758. The minimum atomic E-state index is -0.812. The number of carboxylic acids is 1. The third-order valence-corrected chi connectivity index (χ3v) is 4.83. The third-order valence-electron chi connectivity index (χ3n) is 3.43. The minimum Gasteiger partial charge on any atom is -0.481 e. The molecule has 0 radical (unpaired) electrons. The Morgan fingerprint density at radius 3 is 2.70 bits per heavy atom. The summed E-state index contributed by atoms with van der Waals surface area (Å²) in [6.45, 7) is 5.12. The summed E-state index contributed by atoms with van der Waals surface area (Å²) in [6.07, 6.45) is 4.31. The van der Waals surface area contributed by atoms with Crippen molar-refractivity contribution in [3.05, 3.63) is 0 Å². The number of nitrogens with one attached hydrogen (secondary N) is 1. The summed E-state index contributed by atoms with van der Waals surface area (Å²) in [4.78, 5) is 24.4. The molecule has 1 aliphatic heterocycles. The van der Waals surface area contributed by atoms with Crippen molar-refractivity contribution in [3.63, 3.8) is 0 Å². The van der Waals surface area contributed by atoms with Crippen molar-refractivity contribution in [1.82, 2.24) is 10.2 Å². The number of thioether (sulfide) groups is 1. The fourth-order valence-electron chi connectivity index (χ4n) is 2.27. The van der Waals surface area contributed by atoms with Crippen molar-refractivity contribution in [2.45, 2.75) is 57.2 Å². The number of carbonyl (C=O) groups excluding carboxylic acids is 1. The number of nitrogens with zero attached hydrogens (tertiary/aromatic N) is 1. The normalized spacial score (nSPS) is 18.9. The molecule has 0 saturated carbocycles. The monoisotopic (exact) mass is 302 g/mol. The van der Waals surface area contributed by atoms with Crippen molar-refractivity contribution >= 4 is 23.8 Å². The van der Waals surface area contributed by atoms with Crippen LogP contribution in [0.4, 0.5) is 4.79 Å². The molecule has 20 heavy (non-hydrogen) atoms. The standard InChI is InChI=1S/C14H26N2O3S/c1-11(2)16(8-5-7-13(17)18)14(19)15-10-12-6-3-4-9-20-12/h11-12H,3-10H2,1-2H3,(H,15,19)(H,17,18). The molecule has 1 unspecified atom stereocenters. The number of carboxylic acid groups (broad SMARTS) is 1. The molecule has 2 amide bonds. The molecule has 1 rings (SSSR count). The van der Waals surface area contributed by atoms with Crippen molar-refractivity contribution in [2.75, 3.05) is 18.8 Å². The lowest BCUT2D eigenvalue weighted by atomic mass is 10.2. The average Bonchev–Trinajstić information content (AvgIpc) is 2.41. The SMILES string of the molecule is CC(C)N(CCCC(=O)O)C(=O)NCC1CCCCS1. The highest BCUT2D eigenvalue weighted by Gasteiger charge is 2.19. The number of hydrogen-bond acceptors (Lipinski definition) is 3. The van der Waals surface area contributed by atoms with Crippen molar-refractivity contribution in [2.24, 2.45) is 0 Å². The molecular weight excluding hydrogens is 276 g/mol. The van der Waals surface area contributed by atoms with E-state index in [2.05, 4.69) is 5.32 Å². The molecule has 1 atom stereocenters. The largest absolute Gasteiger partial charge is 0.481 e. The molecule has 116 valence electrons. The van der Waals surface area contributed by atoms with E-state index in [1.54, 1.807) is 4.90 Å². The molecule has 0 bridgehead atoms. The minimum absolute atomic E-state index is 0.0726. The van der Waals surface area contributed by atoms with Crippen LogP contribution in [0.3, 0.4) is 0 Å². The number of urea groups is 1. The van der Waals surface area contributed by atoms with E-state index in [0.29, 0.717) is 24.8 Å². The Morgan fingerprint density at radius 1 is 1.40 bits per heavy atom. The van der Waals surface area contributed by atoms with E-state index >= 15 is 0 Å². The van der Waals surface area contributed by atoms with Crippen LogP contribution >= 0.6 is 11.8 Å². The molecule has 2 N–H and O–H groups in total. The summed E-state index contributed by atoms with van der Waals surface area (Å²) in [5.74, 6) is 0.375. The molecule has 5 nitrogen and oxygen atoms in total. The van der Waals surface area contributed by atoms with Gasteiger partial charge in [0.15, 0.2) is 0 Å². The van der Waals surface area contributed by atoms with E-state index in [0.717, 1.165) is 0 Å². The molecular formula is C14H26N2O3S. The fraction of sp³-hybridized carbons (Fsp3) is 0.857. The number of hydrogen-bond donors (Lipinski definition) is 2. The smallest absolute Gasteiger partial charge is 0.317 e. The number of amides is 2. The predicted molar refractivity (Wildman–Crippen MR) is 82.2 cm³/mol. The first-order chi connectivity index (χ1) is 9.50. The van der Waals surface area contributed by atoms with Crippen LogP contribution in [0.25, 0.3) is 0 Å². The molecule has 1 heterocycles. The van der Waals surface area contributed by atoms with Crippen LogP contribution in [0.15, 0.2) is 0 Å². The molecule has 6 heteroatoms. The van der Waals surface area contributed by atoms with Gasteiger partial charge in [0.2, 0.25) is 0 Å². The lowest BCUT2D eigenvalue weighted by Gasteiger charge is -2.28. The maximum Gasteiger partial charge on any atom is 0.317 e. The second kappa shape index (κ2) is 9.10. The molecule has 0 aromatic carbocycles. The van der Waals surface area contributed by atoms with E-state index in [-0.39, 0.29) is 18.5 Å². The number of rotatable bonds is 7. The van der Waals surface area contributed by atoms with Crippen LogP contribution in [-0.4, -0.2) is 52.1 Å². The Bertz CT molecular complexity index is 318. The van der Waals surface area contributed by atoms with E-state index in [4.69, 9.17) is 5.11 Å². The molecule has 1 fully saturated rings. The zero-order chi connectivity index (χ0) is 15.0. The third kappa shape index (κ3) is 6.50. The second-order valence-corrected chi connectivity index (χ2v) is 6.87. The Balaban J connectivity index is 2.32. The summed E-state index contributed by atoms with van der Waals surface area (Å²) in [6, 6.07) is 0.0133. The maximum atomic E-state index is 12.2. The predicted octanol–water partition coefficient (Wildman–Crippen LogP) is 2.56. The zero-order valence-electron chi connectivity index (χ0n) is 12.4. The second-order valence-electron chi connectivity index (χ2n) is 5.46. The molecule has 1 saturated heterocycles. The van der Waals surface area contributed by atoms with Gasteiger partial charge in [0, 0.05) is 30.8 Å². The first-order valence-corrected chi connectivity index (χ1v) is 8.43. The highest BCUT2D eigenvalue weighted by atomic mass is 32.2. The maximum absolute atomic E-state index is 12.2. The lowest BCUT2D eigenvalue weighted by Crippen LogP contribution is -2.46. The Hall–Kier alpha value is -0.910. The van der Waals surface area contributed by atoms with Crippen LogP contribution < -0.4 is 5.32 Å². The van der Waals surface area contributed by atoms with E-state index in [1.807, 2.05) is 25.6 Å². The molecule has 0 aromatic heterocycles.